The van der Waals surface area contributed by atoms with Gasteiger partial charge in [0.05, 0.1) is 22.3 Å². The van der Waals surface area contributed by atoms with E-state index in [1.165, 1.54) is 17.3 Å². The number of aryl methyl sites for hydroxylation is 1. The lowest BCUT2D eigenvalue weighted by molar-refractivity contribution is -0.113. The van der Waals surface area contributed by atoms with Crippen molar-refractivity contribution in [2.45, 2.75) is 18.5 Å². The minimum atomic E-state index is -0.151. The summed E-state index contributed by atoms with van der Waals surface area (Å²) in [5, 5.41) is 3.91. The Balaban J connectivity index is 1.68. The molecular weight excluding hydrogens is 394 g/mol. The van der Waals surface area contributed by atoms with Gasteiger partial charge in [-0.05, 0) is 48.4 Å². The minimum Gasteiger partial charge on any atom is -0.325 e. The number of hydrogen-bond acceptors (Lipinski definition) is 4. The molecule has 0 fully saturated rings. The molecule has 5 nitrogen and oxygen atoms in total. The number of carbonyl (C=O) groups excluding carboxylic acids is 1. The summed E-state index contributed by atoms with van der Waals surface area (Å²) in [6, 6.07) is 24.4. The molecule has 1 amide bonds. The van der Waals surface area contributed by atoms with Crippen molar-refractivity contribution >= 4 is 34.3 Å². The highest BCUT2D eigenvalue weighted by Gasteiger charge is 2.15. The van der Waals surface area contributed by atoms with Crippen LogP contribution in [0.15, 0.2) is 88.8 Å². The van der Waals surface area contributed by atoms with E-state index in [0.717, 1.165) is 17.8 Å². The SMILES string of the molecule is CCc1ccc(-n2c(SCC(=O)Nc3ccccc3)nc3ccccc3c2=O)cc1. The summed E-state index contributed by atoms with van der Waals surface area (Å²) < 4.78 is 1.59. The number of fused-ring (bicyclic) bond motifs is 1. The molecule has 150 valence electrons. The fourth-order valence-corrected chi connectivity index (χ4v) is 3.98. The fourth-order valence-electron chi connectivity index (χ4n) is 3.17. The zero-order chi connectivity index (χ0) is 20.9. The molecule has 30 heavy (non-hydrogen) atoms. The average molecular weight is 416 g/mol. The van der Waals surface area contributed by atoms with Crippen molar-refractivity contribution < 1.29 is 4.79 Å². The topological polar surface area (TPSA) is 64.0 Å². The standard InChI is InChI=1S/C24H21N3O2S/c1-2-17-12-14-19(15-13-17)27-23(29)20-10-6-7-11-21(20)26-24(27)30-16-22(28)25-18-8-4-3-5-9-18/h3-15H,2,16H2,1H3,(H,25,28). The van der Waals surface area contributed by atoms with Gasteiger partial charge in [0, 0.05) is 5.69 Å². The van der Waals surface area contributed by atoms with Gasteiger partial charge in [-0.3, -0.25) is 14.2 Å². The Morgan fingerprint density at radius 1 is 0.967 bits per heavy atom. The zero-order valence-corrected chi connectivity index (χ0v) is 17.4. The Hall–Kier alpha value is -3.38. The summed E-state index contributed by atoms with van der Waals surface area (Å²) in [7, 11) is 0. The summed E-state index contributed by atoms with van der Waals surface area (Å²) in [6.07, 6.45) is 0.923. The first kappa shape index (κ1) is 19.9. The first-order chi connectivity index (χ1) is 14.7. The van der Waals surface area contributed by atoms with Gasteiger partial charge >= 0.3 is 0 Å². The fraction of sp³-hybridized carbons (Fsp3) is 0.125. The number of para-hydroxylation sites is 2. The number of thioether (sulfide) groups is 1. The van der Waals surface area contributed by atoms with Crippen molar-refractivity contribution in [3.8, 4) is 5.69 Å². The van der Waals surface area contributed by atoms with Crippen LogP contribution < -0.4 is 10.9 Å². The maximum Gasteiger partial charge on any atom is 0.266 e. The predicted octanol–water partition coefficient (Wildman–Crippen LogP) is 4.68. The highest BCUT2D eigenvalue weighted by atomic mass is 32.2. The van der Waals surface area contributed by atoms with Crippen LogP contribution in [-0.4, -0.2) is 21.2 Å². The summed E-state index contributed by atoms with van der Waals surface area (Å²) in [5.74, 6) is -0.00585. The van der Waals surface area contributed by atoms with Crippen molar-refractivity contribution in [3.05, 3.63) is 94.8 Å². The van der Waals surface area contributed by atoms with E-state index in [1.54, 1.807) is 10.6 Å². The molecule has 0 radical (unpaired) electrons. The van der Waals surface area contributed by atoms with E-state index in [2.05, 4.69) is 17.2 Å². The molecule has 3 aromatic carbocycles. The van der Waals surface area contributed by atoms with E-state index in [4.69, 9.17) is 0 Å². The number of anilines is 1. The highest BCUT2D eigenvalue weighted by Crippen LogP contribution is 2.22. The molecule has 0 bridgehead atoms. The smallest absolute Gasteiger partial charge is 0.266 e. The molecule has 0 atom stereocenters. The van der Waals surface area contributed by atoms with E-state index in [9.17, 15) is 9.59 Å². The average Bonchev–Trinajstić information content (AvgIpc) is 2.79. The maximum atomic E-state index is 13.2. The molecule has 0 aliphatic carbocycles. The first-order valence-electron chi connectivity index (χ1n) is 9.74. The van der Waals surface area contributed by atoms with Crippen LogP contribution in [-0.2, 0) is 11.2 Å². The molecule has 0 unspecified atom stereocenters. The third kappa shape index (κ3) is 4.28. The number of benzene rings is 3. The lowest BCUT2D eigenvalue weighted by Gasteiger charge is -2.13. The van der Waals surface area contributed by atoms with E-state index < -0.39 is 0 Å². The summed E-state index contributed by atoms with van der Waals surface area (Å²) >= 11 is 1.25. The number of rotatable bonds is 6. The minimum absolute atomic E-state index is 0.143. The molecule has 0 saturated carbocycles. The highest BCUT2D eigenvalue weighted by molar-refractivity contribution is 7.99. The van der Waals surface area contributed by atoms with Gasteiger partial charge in [-0.15, -0.1) is 0 Å². The van der Waals surface area contributed by atoms with Crippen LogP contribution >= 0.6 is 11.8 Å². The van der Waals surface area contributed by atoms with Crippen LogP contribution in [0.5, 0.6) is 0 Å². The van der Waals surface area contributed by atoms with E-state index in [0.29, 0.717) is 16.1 Å². The van der Waals surface area contributed by atoms with Crippen LogP contribution in [0.25, 0.3) is 16.6 Å². The van der Waals surface area contributed by atoms with Crippen molar-refractivity contribution in [1.82, 2.24) is 9.55 Å². The quantitative estimate of drug-likeness (QED) is 0.367. The molecule has 1 heterocycles. The number of carbonyl (C=O) groups is 1. The molecule has 1 N–H and O–H groups in total. The summed E-state index contributed by atoms with van der Waals surface area (Å²) in [4.78, 5) is 30.3. The number of nitrogens with zero attached hydrogens (tertiary/aromatic N) is 2. The van der Waals surface area contributed by atoms with Gasteiger partial charge in [-0.25, -0.2) is 4.98 Å². The zero-order valence-electron chi connectivity index (χ0n) is 16.5. The molecule has 0 spiro atoms. The second kappa shape index (κ2) is 8.97. The van der Waals surface area contributed by atoms with Crippen LogP contribution in [0.3, 0.4) is 0 Å². The van der Waals surface area contributed by atoms with Gasteiger partial charge in [0.25, 0.3) is 5.56 Å². The molecule has 4 rings (SSSR count). The predicted molar refractivity (Wildman–Crippen MR) is 123 cm³/mol. The van der Waals surface area contributed by atoms with Gasteiger partial charge in [-0.2, -0.15) is 0 Å². The van der Waals surface area contributed by atoms with Gasteiger partial charge in [0.15, 0.2) is 5.16 Å². The number of amides is 1. The normalized spacial score (nSPS) is 10.8. The van der Waals surface area contributed by atoms with Crippen molar-refractivity contribution in [2.75, 3.05) is 11.1 Å². The molecule has 6 heteroatoms. The van der Waals surface area contributed by atoms with Crippen molar-refractivity contribution in [3.63, 3.8) is 0 Å². The van der Waals surface area contributed by atoms with Crippen LogP contribution in [0.2, 0.25) is 0 Å². The lowest BCUT2D eigenvalue weighted by Crippen LogP contribution is -2.23. The molecule has 4 aromatic rings. The van der Waals surface area contributed by atoms with Gasteiger partial charge in [0.2, 0.25) is 5.91 Å². The van der Waals surface area contributed by atoms with Crippen molar-refractivity contribution in [2.24, 2.45) is 0 Å². The first-order valence-corrected chi connectivity index (χ1v) is 10.7. The van der Waals surface area contributed by atoms with Gasteiger partial charge < -0.3 is 5.32 Å². The van der Waals surface area contributed by atoms with E-state index >= 15 is 0 Å². The maximum absolute atomic E-state index is 13.2. The number of hydrogen-bond donors (Lipinski definition) is 1. The van der Waals surface area contributed by atoms with Gasteiger partial charge in [0.1, 0.15) is 0 Å². The Kier molecular flexibility index (Phi) is 5.95. The van der Waals surface area contributed by atoms with Crippen LogP contribution in [0, 0.1) is 0 Å². The molecule has 0 aliphatic rings. The van der Waals surface area contributed by atoms with E-state index in [1.807, 2.05) is 72.8 Å². The van der Waals surface area contributed by atoms with Crippen LogP contribution in [0.1, 0.15) is 12.5 Å². The number of aromatic nitrogens is 2. The summed E-state index contributed by atoms with van der Waals surface area (Å²) in [5.41, 5.74) is 3.14. The summed E-state index contributed by atoms with van der Waals surface area (Å²) in [6.45, 7) is 2.09. The molecule has 0 saturated heterocycles. The molecule has 0 aliphatic heterocycles. The monoisotopic (exact) mass is 415 g/mol. The Bertz CT molecular complexity index is 1240. The van der Waals surface area contributed by atoms with Gasteiger partial charge in [-0.1, -0.05) is 61.2 Å². The molecular formula is C24H21N3O2S. The third-order valence-corrected chi connectivity index (χ3v) is 5.68. The Labute approximate surface area is 178 Å². The third-order valence-electron chi connectivity index (χ3n) is 4.74. The van der Waals surface area contributed by atoms with E-state index in [-0.39, 0.29) is 17.2 Å². The second-order valence-corrected chi connectivity index (χ2v) is 7.72. The number of nitrogens with one attached hydrogen (secondary N) is 1. The molecule has 1 aromatic heterocycles. The largest absolute Gasteiger partial charge is 0.325 e. The van der Waals surface area contributed by atoms with Crippen LogP contribution in [0.4, 0.5) is 5.69 Å². The van der Waals surface area contributed by atoms with Crippen molar-refractivity contribution in [1.29, 1.82) is 0 Å². The second-order valence-electron chi connectivity index (χ2n) is 6.77. The Morgan fingerprint density at radius 2 is 1.67 bits per heavy atom. The Morgan fingerprint density at radius 3 is 2.40 bits per heavy atom. The lowest BCUT2D eigenvalue weighted by atomic mass is 10.1.